The van der Waals surface area contributed by atoms with E-state index in [9.17, 15) is 0 Å². The monoisotopic (exact) mass is 423 g/mol. The molecule has 0 spiro atoms. The number of aromatic nitrogens is 1. The molecule has 0 saturated carbocycles. The van der Waals surface area contributed by atoms with Gasteiger partial charge >= 0.3 is 0 Å². The van der Waals surface area contributed by atoms with E-state index in [2.05, 4.69) is 43.5 Å². The van der Waals surface area contributed by atoms with Gasteiger partial charge in [0.2, 0.25) is 5.88 Å². The van der Waals surface area contributed by atoms with Gasteiger partial charge in [-0.2, -0.15) is 0 Å². The zero-order valence-electron chi connectivity index (χ0n) is 8.66. The molecule has 1 heterocycles. The van der Waals surface area contributed by atoms with Gasteiger partial charge in [-0.25, -0.2) is 4.98 Å². The molecule has 0 radical (unpaired) electrons. The molecule has 1 aromatic carbocycles. The summed E-state index contributed by atoms with van der Waals surface area (Å²) in [5.74, 6) is 1.67. The summed E-state index contributed by atoms with van der Waals surface area (Å²) in [6, 6.07) is 9.68. The Morgan fingerprint density at radius 3 is 2.65 bits per heavy atom. The molecule has 0 atom stereocenters. The molecule has 2 nitrogen and oxygen atoms in total. The third-order valence-electron chi connectivity index (χ3n) is 2.06. The Labute approximate surface area is 127 Å². The second-order valence-corrected chi connectivity index (χ2v) is 5.74. The summed E-state index contributed by atoms with van der Waals surface area (Å²) >= 11 is 11.5. The third kappa shape index (κ3) is 3.56. The molecule has 0 aliphatic carbocycles. The average molecular weight is 424 g/mol. The van der Waals surface area contributed by atoms with Crippen LogP contribution in [0.1, 0.15) is 5.56 Å². The Hall–Kier alpha value is -0.330. The van der Waals surface area contributed by atoms with Crippen LogP contribution in [0.25, 0.3) is 0 Å². The van der Waals surface area contributed by atoms with Crippen molar-refractivity contribution in [1.82, 2.24) is 4.98 Å². The molecule has 17 heavy (non-hydrogen) atoms. The predicted molar refractivity (Wildman–Crippen MR) is 80.7 cm³/mol. The summed E-state index contributed by atoms with van der Waals surface area (Å²) in [6.45, 7) is 0. The van der Waals surface area contributed by atoms with E-state index in [-0.39, 0.29) is 0 Å². The van der Waals surface area contributed by atoms with Gasteiger partial charge in [-0.3, -0.25) is 0 Å². The van der Waals surface area contributed by atoms with Gasteiger partial charge in [0.15, 0.2) is 0 Å². The Bertz CT molecular complexity index is 518. The van der Waals surface area contributed by atoms with Crippen LogP contribution < -0.4 is 4.74 Å². The van der Waals surface area contributed by atoms with Crippen molar-refractivity contribution < 1.29 is 4.74 Å². The average Bonchev–Trinajstić information content (AvgIpc) is 2.34. The van der Waals surface area contributed by atoms with Crippen molar-refractivity contribution in [3.63, 3.8) is 0 Å². The van der Waals surface area contributed by atoms with Gasteiger partial charge < -0.3 is 4.74 Å². The van der Waals surface area contributed by atoms with Gasteiger partial charge in [0, 0.05) is 19.8 Å². The van der Waals surface area contributed by atoms with E-state index in [1.54, 1.807) is 6.20 Å². The maximum absolute atomic E-state index is 5.85. The number of hydrogen-bond donors (Lipinski definition) is 0. The molecule has 5 heteroatoms. The normalized spacial score (nSPS) is 10.3. The lowest BCUT2D eigenvalue weighted by Crippen LogP contribution is -1.93. The molecule has 0 aliphatic heterocycles. The van der Waals surface area contributed by atoms with Crippen LogP contribution in [0.2, 0.25) is 0 Å². The van der Waals surface area contributed by atoms with Crippen molar-refractivity contribution in [1.29, 1.82) is 0 Å². The summed E-state index contributed by atoms with van der Waals surface area (Å²) in [7, 11) is 0. The highest BCUT2D eigenvalue weighted by Crippen LogP contribution is 2.26. The molecule has 2 rings (SSSR count). The van der Waals surface area contributed by atoms with E-state index in [0.29, 0.717) is 11.8 Å². The molecule has 1 aromatic heterocycles. The van der Waals surface area contributed by atoms with Gasteiger partial charge in [0.05, 0.1) is 5.88 Å². The van der Waals surface area contributed by atoms with Crippen LogP contribution in [0.3, 0.4) is 0 Å². The quantitative estimate of drug-likeness (QED) is 0.512. The van der Waals surface area contributed by atoms with Gasteiger partial charge in [-0.15, -0.1) is 11.6 Å². The molecule has 0 fully saturated rings. The lowest BCUT2D eigenvalue weighted by molar-refractivity contribution is 0.458. The highest BCUT2D eigenvalue weighted by atomic mass is 127. The molecule has 0 unspecified atom stereocenters. The molecule has 88 valence electrons. The summed E-state index contributed by atoms with van der Waals surface area (Å²) in [5.41, 5.74) is 0.861. The predicted octanol–water partition coefficient (Wildman–Crippen LogP) is 4.98. The Morgan fingerprint density at radius 2 is 2.00 bits per heavy atom. The number of rotatable bonds is 3. The molecule has 0 aliphatic rings. The SMILES string of the molecule is ClCc1cc(Br)cnc1Oc1ccc(I)cc1. The van der Waals surface area contributed by atoms with E-state index in [0.717, 1.165) is 19.4 Å². The smallest absolute Gasteiger partial charge is 0.223 e. The number of alkyl halides is 1. The highest BCUT2D eigenvalue weighted by Gasteiger charge is 2.06. The highest BCUT2D eigenvalue weighted by molar-refractivity contribution is 14.1. The lowest BCUT2D eigenvalue weighted by atomic mass is 10.3. The van der Waals surface area contributed by atoms with Crippen molar-refractivity contribution in [3.05, 3.63) is 50.1 Å². The van der Waals surface area contributed by atoms with E-state index in [1.165, 1.54) is 0 Å². The number of halogens is 3. The van der Waals surface area contributed by atoms with Crippen molar-refractivity contribution >= 4 is 50.1 Å². The Morgan fingerprint density at radius 1 is 1.29 bits per heavy atom. The standard InChI is InChI=1S/C12H8BrClINO/c13-9-5-8(6-14)12(16-7-9)17-11-3-1-10(15)2-4-11/h1-5,7H,6H2. The van der Waals surface area contributed by atoms with E-state index in [1.807, 2.05) is 30.3 Å². The molecular weight excluding hydrogens is 416 g/mol. The third-order valence-corrected chi connectivity index (χ3v) is 3.50. The van der Waals surface area contributed by atoms with Gasteiger partial charge in [-0.05, 0) is 68.9 Å². The van der Waals surface area contributed by atoms with Crippen molar-refractivity contribution in [2.24, 2.45) is 0 Å². The zero-order chi connectivity index (χ0) is 12.3. The first-order valence-electron chi connectivity index (χ1n) is 4.83. The Balaban J connectivity index is 2.26. The van der Waals surface area contributed by atoms with Crippen LogP contribution in [0, 0.1) is 3.57 Å². The van der Waals surface area contributed by atoms with Crippen molar-refractivity contribution in [2.75, 3.05) is 0 Å². The minimum absolute atomic E-state index is 0.367. The lowest BCUT2D eigenvalue weighted by Gasteiger charge is -2.08. The Kier molecular flexibility index (Phi) is 4.64. The van der Waals surface area contributed by atoms with Crippen LogP contribution in [0.4, 0.5) is 0 Å². The number of hydrogen-bond acceptors (Lipinski definition) is 2. The molecule has 2 aromatic rings. The molecule has 0 saturated heterocycles. The fraction of sp³-hybridized carbons (Fsp3) is 0.0833. The van der Waals surface area contributed by atoms with Crippen LogP contribution in [0.5, 0.6) is 11.6 Å². The van der Waals surface area contributed by atoms with Crippen molar-refractivity contribution in [2.45, 2.75) is 5.88 Å². The summed E-state index contributed by atoms with van der Waals surface area (Å²) < 4.78 is 7.75. The minimum atomic E-state index is 0.367. The van der Waals surface area contributed by atoms with Crippen LogP contribution >= 0.6 is 50.1 Å². The fourth-order valence-corrected chi connectivity index (χ4v) is 2.20. The molecule has 0 amide bonds. The van der Waals surface area contributed by atoms with Gasteiger partial charge in [0.25, 0.3) is 0 Å². The number of nitrogens with zero attached hydrogens (tertiary/aromatic N) is 1. The summed E-state index contributed by atoms with van der Waals surface area (Å²) in [4.78, 5) is 4.21. The van der Waals surface area contributed by atoms with Crippen molar-refractivity contribution in [3.8, 4) is 11.6 Å². The maximum atomic E-state index is 5.85. The maximum Gasteiger partial charge on any atom is 0.223 e. The van der Waals surface area contributed by atoms with Crippen LogP contribution in [-0.4, -0.2) is 4.98 Å². The second kappa shape index (κ2) is 6.02. The van der Waals surface area contributed by atoms with E-state index < -0.39 is 0 Å². The minimum Gasteiger partial charge on any atom is -0.439 e. The van der Waals surface area contributed by atoms with Crippen LogP contribution in [0.15, 0.2) is 41.0 Å². The summed E-state index contributed by atoms with van der Waals surface area (Å²) in [5, 5.41) is 0. The first kappa shape index (κ1) is 13.1. The molecule has 0 N–H and O–H groups in total. The molecule has 0 bridgehead atoms. The first-order chi connectivity index (χ1) is 8.19. The van der Waals surface area contributed by atoms with Crippen LogP contribution in [-0.2, 0) is 5.88 Å². The van der Waals surface area contributed by atoms with E-state index in [4.69, 9.17) is 16.3 Å². The fourth-order valence-electron chi connectivity index (χ4n) is 1.27. The number of pyridine rings is 1. The number of benzene rings is 1. The van der Waals surface area contributed by atoms with Gasteiger partial charge in [-0.1, -0.05) is 0 Å². The zero-order valence-corrected chi connectivity index (χ0v) is 13.2. The topological polar surface area (TPSA) is 22.1 Å². The summed E-state index contributed by atoms with van der Waals surface area (Å²) in [6.07, 6.45) is 1.69. The first-order valence-corrected chi connectivity index (χ1v) is 7.23. The molecular formula is C12H8BrClINO. The number of ether oxygens (including phenoxy) is 1. The van der Waals surface area contributed by atoms with E-state index >= 15 is 0 Å². The second-order valence-electron chi connectivity index (χ2n) is 3.31. The largest absolute Gasteiger partial charge is 0.439 e. The van der Waals surface area contributed by atoms with Gasteiger partial charge in [0.1, 0.15) is 5.75 Å².